The van der Waals surface area contributed by atoms with Crippen LogP contribution in [0, 0.1) is 31.6 Å². The smallest absolute Gasteiger partial charge is 0.245 e. The molecule has 0 bridgehead atoms. The number of aryl methyl sites for hydroxylation is 1. The van der Waals surface area contributed by atoms with Crippen LogP contribution in [0.2, 0.25) is 0 Å². The Kier molecular flexibility index (Phi) is 9.41. The lowest BCUT2D eigenvalue weighted by Gasteiger charge is -2.42. The average molecular weight is 488 g/mol. The van der Waals surface area contributed by atoms with Crippen molar-refractivity contribution >= 4 is 11.8 Å². The highest BCUT2D eigenvalue weighted by molar-refractivity contribution is 5.90. The molecule has 2 aliphatic rings. The first-order valence-corrected chi connectivity index (χ1v) is 13.9. The summed E-state index contributed by atoms with van der Waals surface area (Å²) < 4.78 is 2.37. The van der Waals surface area contributed by atoms with Crippen molar-refractivity contribution in [1.82, 2.24) is 24.7 Å². The normalized spacial score (nSPS) is 21.0. The Morgan fingerprint density at radius 2 is 1.69 bits per heavy atom. The van der Waals surface area contributed by atoms with E-state index >= 15 is 0 Å². The zero-order valence-electron chi connectivity index (χ0n) is 23.4. The highest BCUT2D eigenvalue weighted by atomic mass is 16.2. The predicted octanol–water partition coefficient (Wildman–Crippen LogP) is 4.12. The molecule has 2 aliphatic heterocycles. The minimum Gasteiger partial charge on any atom is -0.341 e. The molecule has 3 heterocycles. The predicted molar refractivity (Wildman–Crippen MR) is 141 cm³/mol. The van der Waals surface area contributed by atoms with Crippen LogP contribution >= 0.6 is 0 Å². The van der Waals surface area contributed by atoms with Crippen LogP contribution in [-0.2, 0) is 16.0 Å². The van der Waals surface area contributed by atoms with Gasteiger partial charge in [0, 0.05) is 44.3 Å². The standard InChI is InChI=1S/C28H49N5O2/c1-18(2)15-24-27(34)32(14-11-29-24)25(16-19(3)4)28(35)31-12-9-23(10-13-31)17-26-30-21(7)22(8)33(26)20(5)6/h18-20,23-25,29H,9-17H2,1-8H3/t24-,25-/m0/s1. The fourth-order valence-electron chi connectivity index (χ4n) is 5.88. The second-order valence-electron chi connectivity index (χ2n) is 11.9. The van der Waals surface area contributed by atoms with Gasteiger partial charge in [-0.1, -0.05) is 27.7 Å². The first-order valence-electron chi connectivity index (χ1n) is 13.9. The maximum Gasteiger partial charge on any atom is 0.245 e. The largest absolute Gasteiger partial charge is 0.341 e. The van der Waals surface area contributed by atoms with Crippen LogP contribution in [0.5, 0.6) is 0 Å². The van der Waals surface area contributed by atoms with Gasteiger partial charge in [-0.25, -0.2) is 4.98 Å². The number of nitrogens with zero attached hydrogens (tertiary/aromatic N) is 4. The summed E-state index contributed by atoms with van der Waals surface area (Å²) in [7, 11) is 0. The van der Waals surface area contributed by atoms with Crippen LogP contribution in [-0.4, -0.2) is 69.4 Å². The Morgan fingerprint density at radius 1 is 1.03 bits per heavy atom. The summed E-state index contributed by atoms with van der Waals surface area (Å²) in [6, 6.07) is -0.115. The molecule has 3 rings (SSSR count). The zero-order chi connectivity index (χ0) is 25.9. The number of aromatic nitrogens is 2. The monoisotopic (exact) mass is 487 g/mol. The van der Waals surface area contributed by atoms with Crippen molar-refractivity contribution in [3.05, 3.63) is 17.2 Å². The summed E-state index contributed by atoms with van der Waals surface area (Å²) in [5, 5.41) is 3.38. The van der Waals surface area contributed by atoms with Crippen molar-refractivity contribution in [2.45, 2.75) is 106 Å². The molecule has 35 heavy (non-hydrogen) atoms. The van der Waals surface area contributed by atoms with Gasteiger partial charge in [-0.3, -0.25) is 9.59 Å². The SMILES string of the molecule is Cc1nc(CC2CCN(C(=O)[C@H](CC(C)C)N3CCN[C@@H](CC(C)C)C3=O)CC2)n(C(C)C)c1C. The Bertz CT molecular complexity index is 867. The highest BCUT2D eigenvalue weighted by Crippen LogP contribution is 2.27. The van der Waals surface area contributed by atoms with E-state index in [1.807, 2.05) is 9.80 Å². The molecule has 1 N–H and O–H groups in total. The summed E-state index contributed by atoms with van der Waals surface area (Å²) in [5.74, 6) is 2.76. The number of carbonyl (C=O) groups excluding carboxylic acids is 2. The Balaban J connectivity index is 1.66. The maximum atomic E-state index is 13.8. The summed E-state index contributed by atoms with van der Waals surface area (Å²) >= 11 is 0. The Morgan fingerprint density at radius 3 is 2.26 bits per heavy atom. The van der Waals surface area contributed by atoms with E-state index in [4.69, 9.17) is 4.98 Å². The molecule has 0 spiro atoms. The molecule has 0 saturated carbocycles. The number of hydrogen-bond acceptors (Lipinski definition) is 4. The first-order chi connectivity index (χ1) is 16.5. The number of carbonyl (C=O) groups is 2. The fourth-order valence-corrected chi connectivity index (χ4v) is 5.88. The topological polar surface area (TPSA) is 70.5 Å². The third-order valence-corrected chi connectivity index (χ3v) is 7.76. The quantitative estimate of drug-likeness (QED) is 0.569. The highest BCUT2D eigenvalue weighted by Gasteiger charge is 2.39. The number of piperazine rings is 1. The molecule has 0 radical (unpaired) electrons. The molecule has 0 unspecified atom stereocenters. The molecule has 7 nitrogen and oxygen atoms in total. The Labute approximate surface area is 213 Å². The molecular weight excluding hydrogens is 438 g/mol. The van der Waals surface area contributed by atoms with Gasteiger partial charge in [0.25, 0.3) is 0 Å². The number of rotatable bonds is 9. The van der Waals surface area contributed by atoms with Crippen molar-refractivity contribution in [3.8, 4) is 0 Å². The lowest BCUT2D eigenvalue weighted by molar-refractivity contribution is -0.150. The van der Waals surface area contributed by atoms with Gasteiger partial charge in [-0.15, -0.1) is 0 Å². The van der Waals surface area contributed by atoms with Gasteiger partial charge in [-0.2, -0.15) is 0 Å². The van der Waals surface area contributed by atoms with Crippen LogP contribution in [0.15, 0.2) is 0 Å². The van der Waals surface area contributed by atoms with E-state index in [2.05, 4.69) is 65.3 Å². The average Bonchev–Trinajstić information content (AvgIpc) is 3.06. The molecule has 1 aromatic heterocycles. The van der Waals surface area contributed by atoms with Crippen molar-refractivity contribution in [1.29, 1.82) is 0 Å². The third-order valence-electron chi connectivity index (χ3n) is 7.76. The van der Waals surface area contributed by atoms with Crippen LogP contribution in [0.3, 0.4) is 0 Å². The van der Waals surface area contributed by atoms with E-state index in [1.165, 1.54) is 11.5 Å². The maximum absolute atomic E-state index is 13.8. The van der Waals surface area contributed by atoms with E-state index in [1.54, 1.807) is 0 Å². The molecule has 2 atom stereocenters. The Hall–Kier alpha value is -1.89. The molecule has 198 valence electrons. The number of imidazole rings is 1. The van der Waals surface area contributed by atoms with Crippen molar-refractivity contribution in [3.63, 3.8) is 0 Å². The number of likely N-dealkylation sites (tertiary alicyclic amines) is 1. The number of nitrogens with one attached hydrogen (secondary N) is 1. The summed E-state index contributed by atoms with van der Waals surface area (Å²) in [4.78, 5) is 35.9. The first kappa shape index (κ1) is 27.7. The van der Waals surface area contributed by atoms with Gasteiger partial charge in [0.15, 0.2) is 0 Å². The molecular formula is C28H49N5O2. The van der Waals surface area contributed by atoms with Gasteiger partial charge in [-0.05, 0) is 71.1 Å². The van der Waals surface area contributed by atoms with Gasteiger partial charge in [0.05, 0.1) is 11.7 Å². The lowest BCUT2D eigenvalue weighted by Crippen LogP contribution is -2.62. The van der Waals surface area contributed by atoms with Crippen LogP contribution in [0.4, 0.5) is 0 Å². The molecule has 2 amide bonds. The van der Waals surface area contributed by atoms with Gasteiger partial charge in [0.2, 0.25) is 11.8 Å². The number of hydrogen-bond donors (Lipinski definition) is 1. The van der Waals surface area contributed by atoms with E-state index in [-0.39, 0.29) is 23.9 Å². The molecule has 1 aromatic rings. The van der Waals surface area contributed by atoms with Crippen LogP contribution in [0.1, 0.15) is 90.5 Å². The van der Waals surface area contributed by atoms with E-state index < -0.39 is 0 Å². The van der Waals surface area contributed by atoms with Crippen LogP contribution < -0.4 is 5.32 Å². The minimum absolute atomic E-state index is 0.102. The number of piperidine rings is 1. The third kappa shape index (κ3) is 6.66. The van der Waals surface area contributed by atoms with Crippen molar-refractivity contribution < 1.29 is 9.59 Å². The van der Waals surface area contributed by atoms with Crippen LogP contribution in [0.25, 0.3) is 0 Å². The van der Waals surface area contributed by atoms with E-state index in [0.29, 0.717) is 30.3 Å². The summed E-state index contributed by atoms with van der Waals surface area (Å²) in [5.41, 5.74) is 2.38. The van der Waals surface area contributed by atoms with Gasteiger partial charge >= 0.3 is 0 Å². The van der Waals surface area contributed by atoms with E-state index in [0.717, 1.165) is 57.4 Å². The molecule has 0 aliphatic carbocycles. The molecule has 2 fully saturated rings. The lowest BCUT2D eigenvalue weighted by atomic mass is 9.91. The summed E-state index contributed by atoms with van der Waals surface area (Å²) in [6.07, 6.45) is 4.50. The molecule has 7 heteroatoms. The second-order valence-corrected chi connectivity index (χ2v) is 11.9. The second kappa shape index (κ2) is 11.9. The number of amides is 2. The van der Waals surface area contributed by atoms with Crippen molar-refractivity contribution in [2.75, 3.05) is 26.2 Å². The zero-order valence-corrected chi connectivity index (χ0v) is 23.4. The van der Waals surface area contributed by atoms with Crippen molar-refractivity contribution in [2.24, 2.45) is 17.8 Å². The fraction of sp³-hybridized carbons (Fsp3) is 0.821. The molecule has 0 aromatic carbocycles. The molecule has 2 saturated heterocycles. The van der Waals surface area contributed by atoms with Gasteiger partial charge < -0.3 is 19.7 Å². The summed E-state index contributed by atoms with van der Waals surface area (Å²) in [6.45, 7) is 20.2. The van der Waals surface area contributed by atoms with Gasteiger partial charge in [0.1, 0.15) is 11.9 Å². The van der Waals surface area contributed by atoms with E-state index in [9.17, 15) is 9.59 Å². The minimum atomic E-state index is -0.346.